The van der Waals surface area contributed by atoms with Crippen LogP contribution in [0.15, 0.2) is 78.9 Å². The largest absolute Gasteiger partial charge is 0.480 e. The Morgan fingerprint density at radius 3 is 2.67 bits per heavy atom. The van der Waals surface area contributed by atoms with Crippen LogP contribution in [0.2, 0.25) is 5.02 Å². The Labute approximate surface area is 216 Å². The van der Waals surface area contributed by atoms with Gasteiger partial charge in [-0.25, -0.2) is 9.78 Å². The van der Waals surface area contributed by atoms with Crippen molar-refractivity contribution in [2.45, 2.75) is 38.3 Å². The van der Waals surface area contributed by atoms with Gasteiger partial charge < -0.3 is 16.2 Å². The van der Waals surface area contributed by atoms with E-state index in [0.717, 1.165) is 51.8 Å². The number of hydrogen-bond acceptors (Lipinski definition) is 4. The number of hydrogen-bond donors (Lipinski definition) is 3. The maximum Gasteiger partial charge on any atom is 0.326 e. The molecule has 5 nitrogen and oxygen atoms in total. The van der Waals surface area contributed by atoms with Crippen LogP contribution >= 0.6 is 11.6 Å². The Balaban J connectivity index is 1.56. The molecule has 0 bridgehead atoms. The van der Waals surface area contributed by atoms with Crippen LogP contribution in [0.4, 0.5) is 5.69 Å². The monoisotopic (exact) mass is 499 g/mol. The summed E-state index contributed by atoms with van der Waals surface area (Å²) in [6.45, 7) is 2.05. The number of para-hydroxylation sites is 1. The SMILES string of the molecule is CCCCC(Nc1ccccc1C(N)c1cccc(/C=C/c2ccc3ccc(Cl)cc3n2)c1)C(=O)O. The van der Waals surface area contributed by atoms with Gasteiger partial charge in [0.1, 0.15) is 6.04 Å². The molecule has 4 rings (SSSR count). The van der Waals surface area contributed by atoms with Crippen molar-refractivity contribution in [2.75, 3.05) is 5.32 Å². The highest BCUT2D eigenvalue weighted by molar-refractivity contribution is 6.31. The molecule has 2 unspecified atom stereocenters. The zero-order valence-corrected chi connectivity index (χ0v) is 21.0. The number of aromatic nitrogens is 1. The fourth-order valence-corrected chi connectivity index (χ4v) is 4.34. The Bertz CT molecular complexity index is 1390. The summed E-state index contributed by atoms with van der Waals surface area (Å²) in [6, 6.07) is 24.3. The third-order valence-corrected chi connectivity index (χ3v) is 6.40. The number of pyridine rings is 1. The predicted octanol–water partition coefficient (Wildman–Crippen LogP) is 7.16. The van der Waals surface area contributed by atoms with E-state index in [1.54, 1.807) is 0 Å². The molecule has 6 heteroatoms. The summed E-state index contributed by atoms with van der Waals surface area (Å²) in [5.74, 6) is -0.858. The molecule has 0 saturated heterocycles. The van der Waals surface area contributed by atoms with Crippen LogP contribution in [-0.2, 0) is 4.79 Å². The van der Waals surface area contributed by atoms with E-state index in [4.69, 9.17) is 17.3 Å². The lowest BCUT2D eigenvalue weighted by molar-refractivity contribution is -0.138. The number of benzene rings is 3. The standard InChI is InChI=1S/C30H30ClN3O2/c1-2-3-10-27(30(35)36)34-26-11-5-4-9-25(26)29(32)22-8-6-7-20(18-22)12-16-24-17-14-21-13-15-23(31)19-28(21)33-24/h4-9,11-19,27,29,34H,2-3,10,32H2,1H3,(H,35,36)/b16-12+. The van der Waals surface area contributed by atoms with Gasteiger partial charge in [0, 0.05) is 16.1 Å². The highest BCUT2D eigenvalue weighted by Crippen LogP contribution is 2.28. The lowest BCUT2D eigenvalue weighted by Gasteiger charge is -2.22. The quantitative estimate of drug-likeness (QED) is 0.215. The summed E-state index contributed by atoms with van der Waals surface area (Å²) in [5, 5.41) is 14.6. The van der Waals surface area contributed by atoms with Gasteiger partial charge in [0.15, 0.2) is 0 Å². The first-order valence-electron chi connectivity index (χ1n) is 12.1. The lowest BCUT2D eigenvalue weighted by atomic mass is 9.96. The molecular weight excluding hydrogens is 470 g/mol. The van der Waals surface area contributed by atoms with Crippen LogP contribution in [-0.4, -0.2) is 22.1 Å². The van der Waals surface area contributed by atoms with Crippen LogP contribution in [0.3, 0.4) is 0 Å². The summed E-state index contributed by atoms with van der Waals surface area (Å²) in [7, 11) is 0. The number of halogens is 1. The van der Waals surface area contributed by atoms with Crippen molar-refractivity contribution in [2.24, 2.45) is 5.73 Å². The fraction of sp³-hybridized carbons (Fsp3) is 0.200. The van der Waals surface area contributed by atoms with Crippen LogP contribution in [0.25, 0.3) is 23.1 Å². The Morgan fingerprint density at radius 2 is 1.86 bits per heavy atom. The molecule has 0 aliphatic heterocycles. The molecule has 0 aliphatic rings. The minimum absolute atomic E-state index is 0.413. The van der Waals surface area contributed by atoms with Crippen LogP contribution < -0.4 is 11.1 Å². The van der Waals surface area contributed by atoms with E-state index in [0.29, 0.717) is 11.4 Å². The van der Waals surface area contributed by atoms with E-state index in [-0.39, 0.29) is 0 Å². The summed E-state index contributed by atoms with van der Waals surface area (Å²) in [4.78, 5) is 16.4. The van der Waals surface area contributed by atoms with Crippen molar-refractivity contribution in [1.82, 2.24) is 4.98 Å². The lowest BCUT2D eigenvalue weighted by Crippen LogP contribution is -2.30. The first kappa shape index (κ1) is 25.4. The number of fused-ring (bicyclic) bond motifs is 1. The smallest absolute Gasteiger partial charge is 0.326 e. The highest BCUT2D eigenvalue weighted by Gasteiger charge is 2.20. The van der Waals surface area contributed by atoms with Crippen LogP contribution in [0, 0.1) is 0 Å². The normalized spacial score (nSPS) is 13.1. The summed E-state index contributed by atoms with van der Waals surface area (Å²) >= 11 is 6.11. The second-order valence-corrected chi connectivity index (χ2v) is 9.26. The molecule has 0 saturated carbocycles. The molecule has 184 valence electrons. The number of carboxylic acids is 1. The number of nitrogens with two attached hydrogens (primary N) is 1. The van der Waals surface area contributed by atoms with Crippen molar-refractivity contribution in [3.8, 4) is 0 Å². The van der Waals surface area contributed by atoms with Gasteiger partial charge in [-0.15, -0.1) is 0 Å². The molecule has 0 radical (unpaired) electrons. The van der Waals surface area contributed by atoms with Crippen molar-refractivity contribution in [3.63, 3.8) is 0 Å². The number of unbranched alkanes of at least 4 members (excludes halogenated alkanes) is 1. The van der Waals surface area contributed by atoms with Crippen molar-refractivity contribution in [1.29, 1.82) is 0 Å². The molecule has 1 aromatic heterocycles. The Kier molecular flexibility index (Phi) is 8.36. The highest BCUT2D eigenvalue weighted by atomic mass is 35.5. The number of nitrogens with one attached hydrogen (secondary N) is 1. The fourth-order valence-electron chi connectivity index (χ4n) is 4.17. The maximum atomic E-state index is 11.8. The zero-order valence-electron chi connectivity index (χ0n) is 20.2. The molecule has 0 aliphatic carbocycles. The van der Waals surface area contributed by atoms with Crippen molar-refractivity contribution >= 4 is 46.3 Å². The van der Waals surface area contributed by atoms with Gasteiger partial charge in [-0.05, 0) is 59.5 Å². The summed E-state index contributed by atoms with van der Waals surface area (Å²) in [6.07, 6.45) is 6.31. The molecule has 1 heterocycles. The first-order valence-corrected chi connectivity index (χ1v) is 12.5. The molecule has 36 heavy (non-hydrogen) atoms. The van der Waals surface area contributed by atoms with E-state index in [2.05, 4.69) is 17.2 Å². The molecule has 2 atom stereocenters. The number of anilines is 1. The third-order valence-electron chi connectivity index (χ3n) is 6.16. The summed E-state index contributed by atoms with van der Waals surface area (Å²) in [5.41, 5.74) is 11.9. The minimum atomic E-state index is -0.858. The average Bonchev–Trinajstić information content (AvgIpc) is 2.89. The molecule has 4 aromatic rings. The van der Waals surface area contributed by atoms with Gasteiger partial charge in [-0.2, -0.15) is 0 Å². The number of carboxylic acid groups (broad SMARTS) is 1. The van der Waals surface area contributed by atoms with Gasteiger partial charge in [-0.1, -0.05) is 86.0 Å². The van der Waals surface area contributed by atoms with Crippen molar-refractivity contribution in [3.05, 3.63) is 106 Å². The number of carbonyl (C=O) groups is 1. The number of rotatable bonds is 10. The zero-order chi connectivity index (χ0) is 25.5. The van der Waals surface area contributed by atoms with Crippen LogP contribution in [0.1, 0.15) is 54.6 Å². The van der Waals surface area contributed by atoms with Crippen LogP contribution in [0.5, 0.6) is 0 Å². The number of nitrogens with zero attached hydrogens (tertiary/aromatic N) is 1. The van der Waals surface area contributed by atoms with Gasteiger partial charge in [0.05, 0.1) is 17.3 Å². The molecule has 0 fully saturated rings. The predicted molar refractivity (Wildman–Crippen MR) is 149 cm³/mol. The number of aliphatic carboxylic acids is 1. The third kappa shape index (κ3) is 6.30. The molecule has 3 aromatic carbocycles. The van der Waals surface area contributed by atoms with E-state index in [1.807, 2.05) is 91.0 Å². The van der Waals surface area contributed by atoms with E-state index in [9.17, 15) is 9.90 Å². The second kappa shape index (κ2) is 11.8. The van der Waals surface area contributed by atoms with Gasteiger partial charge in [0.25, 0.3) is 0 Å². The Hall–Kier alpha value is -3.67. The van der Waals surface area contributed by atoms with E-state index >= 15 is 0 Å². The topological polar surface area (TPSA) is 88.2 Å². The van der Waals surface area contributed by atoms with Crippen molar-refractivity contribution < 1.29 is 9.90 Å². The van der Waals surface area contributed by atoms with E-state index < -0.39 is 18.1 Å². The molecule has 0 amide bonds. The second-order valence-electron chi connectivity index (χ2n) is 8.82. The summed E-state index contributed by atoms with van der Waals surface area (Å²) < 4.78 is 0. The minimum Gasteiger partial charge on any atom is -0.480 e. The molecule has 0 spiro atoms. The van der Waals surface area contributed by atoms with Gasteiger partial charge >= 0.3 is 5.97 Å². The van der Waals surface area contributed by atoms with Gasteiger partial charge in [0.2, 0.25) is 0 Å². The molecule has 4 N–H and O–H groups in total. The molecular formula is C30H30ClN3O2. The Morgan fingerprint density at radius 1 is 1.06 bits per heavy atom. The first-order chi connectivity index (χ1) is 17.4. The maximum absolute atomic E-state index is 11.8. The average molecular weight is 500 g/mol. The van der Waals surface area contributed by atoms with E-state index in [1.165, 1.54) is 0 Å². The van der Waals surface area contributed by atoms with Gasteiger partial charge in [-0.3, -0.25) is 0 Å².